The molecule has 59 heavy (non-hydrogen) atoms. The fourth-order valence-corrected chi connectivity index (χ4v) is 12.4. The minimum Gasteiger partial charge on any atom is -0.494 e. The van der Waals surface area contributed by atoms with Gasteiger partial charge in [-0.15, -0.1) is 0 Å². The van der Waals surface area contributed by atoms with Gasteiger partial charge < -0.3 is 38.9 Å². The third kappa shape index (κ3) is 9.10. The number of amides is 3. The lowest BCUT2D eigenvalue weighted by atomic mass is 9.82. The van der Waals surface area contributed by atoms with E-state index in [1.165, 1.54) is 5.57 Å². The second-order valence-corrected chi connectivity index (χ2v) is 21.4. The summed E-state index contributed by atoms with van der Waals surface area (Å²) in [6.45, 7) is 15.1. The standard InChI is InChI=1S/C46H65FN4O7Si/c1-8-57-36-17-19-39-33(25-36)26-38(48-21-9-10-24-52)44(55)51(39)34-16-18-40-37(27-34)46(45(56)50(40)23-20-31(4)14-11-13-30(2)3)32(5)43(59(6,7)47)41(58-46)28-42(54)49-22-12-15-35(49)29-53/h13,16-20,25,27,32,35,38,41,43,48,52-53H,8-12,14-15,21-24,26,28-29H2,1-7H3/b31-20+/t32-,35-,38?,41+,43-,46+/m0/s1. The average molecular weight is 833 g/mol. The van der Waals surface area contributed by atoms with E-state index in [0.29, 0.717) is 73.8 Å². The molecule has 3 amide bonds. The number of benzene rings is 2. The number of aliphatic hydroxyl groups excluding tert-OH is 2. The molecule has 0 aliphatic carbocycles. The van der Waals surface area contributed by atoms with E-state index in [0.717, 1.165) is 30.4 Å². The Balaban J connectivity index is 1.45. The molecule has 4 heterocycles. The number of unbranched alkanes of at least 4 members (excludes halogenated alkanes) is 1. The van der Waals surface area contributed by atoms with Gasteiger partial charge in [0.05, 0.1) is 49.2 Å². The molecule has 2 aromatic carbocycles. The van der Waals surface area contributed by atoms with Crippen LogP contribution in [0.2, 0.25) is 18.6 Å². The number of hydrogen-bond acceptors (Lipinski definition) is 8. The highest BCUT2D eigenvalue weighted by molar-refractivity contribution is 6.72. The molecule has 1 unspecified atom stereocenters. The zero-order valence-electron chi connectivity index (χ0n) is 36.1. The van der Waals surface area contributed by atoms with E-state index in [-0.39, 0.29) is 49.9 Å². The van der Waals surface area contributed by atoms with Gasteiger partial charge in [-0.1, -0.05) is 30.2 Å². The maximum absolute atomic E-state index is 16.8. The number of hydrogen-bond donors (Lipinski definition) is 3. The van der Waals surface area contributed by atoms with Gasteiger partial charge in [0.25, 0.3) is 5.91 Å². The number of aliphatic hydroxyl groups is 2. The van der Waals surface area contributed by atoms with E-state index in [1.807, 2.05) is 50.2 Å². The van der Waals surface area contributed by atoms with Crippen LogP contribution in [0, 0.1) is 5.92 Å². The molecule has 2 saturated heterocycles. The van der Waals surface area contributed by atoms with Crippen LogP contribution in [0.1, 0.15) is 90.7 Å². The molecule has 1 spiro atoms. The zero-order valence-corrected chi connectivity index (χ0v) is 37.1. The Morgan fingerprint density at radius 1 is 1.08 bits per heavy atom. The summed E-state index contributed by atoms with van der Waals surface area (Å²) in [6, 6.07) is 10.5. The van der Waals surface area contributed by atoms with Gasteiger partial charge >= 0.3 is 0 Å². The van der Waals surface area contributed by atoms with Gasteiger partial charge in [-0.05, 0) is 134 Å². The summed E-state index contributed by atoms with van der Waals surface area (Å²) in [7, 11) is -3.59. The SMILES string of the molecule is CCOc1ccc2c(c1)CC(NCCCCO)C(=O)N2c1ccc2c(c1)[C@@]1(O[C@H](CC(=O)N3CCC[C@H]3CO)[C@@H]([Si](C)(C)F)[C@@H]1C)C(=O)N2C/C=C(\C)CCC=C(C)C. The number of carbonyl (C=O) groups is 3. The van der Waals surface area contributed by atoms with Gasteiger partial charge in [-0.2, -0.15) is 0 Å². The first-order valence-corrected chi connectivity index (χ1v) is 24.6. The monoisotopic (exact) mass is 832 g/mol. The Morgan fingerprint density at radius 2 is 1.85 bits per heavy atom. The van der Waals surface area contributed by atoms with Crippen LogP contribution in [-0.2, 0) is 31.1 Å². The number of nitrogens with zero attached hydrogens (tertiary/aromatic N) is 3. The van der Waals surface area contributed by atoms with Crippen molar-refractivity contribution in [2.75, 3.05) is 49.3 Å². The largest absolute Gasteiger partial charge is 0.494 e. The first kappa shape index (κ1) is 44.7. The molecule has 0 saturated carbocycles. The van der Waals surface area contributed by atoms with Crippen molar-refractivity contribution < 1.29 is 38.2 Å². The van der Waals surface area contributed by atoms with E-state index in [4.69, 9.17) is 9.47 Å². The third-order valence-corrected chi connectivity index (χ3v) is 15.2. The van der Waals surface area contributed by atoms with Crippen LogP contribution in [0.15, 0.2) is 59.7 Å². The summed E-state index contributed by atoms with van der Waals surface area (Å²) in [4.78, 5) is 48.8. The van der Waals surface area contributed by atoms with Gasteiger partial charge in [0, 0.05) is 42.4 Å². The zero-order chi connectivity index (χ0) is 42.6. The van der Waals surface area contributed by atoms with E-state index in [9.17, 15) is 19.8 Å². The summed E-state index contributed by atoms with van der Waals surface area (Å²) in [5, 5.41) is 22.8. The number of anilines is 3. The summed E-state index contributed by atoms with van der Waals surface area (Å²) in [5.74, 6) is -0.584. The summed E-state index contributed by atoms with van der Waals surface area (Å²) in [6.07, 6.45) is 8.29. The quantitative estimate of drug-likeness (QED) is 0.0660. The molecule has 13 heteroatoms. The molecule has 322 valence electrons. The second-order valence-electron chi connectivity index (χ2n) is 17.6. The molecule has 3 N–H and O–H groups in total. The Hall–Kier alpha value is -3.88. The van der Waals surface area contributed by atoms with Crippen molar-refractivity contribution in [3.05, 3.63) is 70.8 Å². The van der Waals surface area contributed by atoms with Crippen molar-refractivity contribution in [2.24, 2.45) is 5.92 Å². The third-order valence-electron chi connectivity index (χ3n) is 12.7. The number of ether oxygens (including phenoxy) is 2. The predicted molar refractivity (Wildman–Crippen MR) is 232 cm³/mol. The van der Waals surface area contributed by atoms with Crippen molar-refractivity contribution in [1.82, 2.24) is 10.2 Å². The number of fused-ring (bicyclic) bond motifs is 3. The number of halogens is 1. The maximum Gasteiger partial charge on any atom is 0.264 e. The lowest BCUT2D eigenvalue weighted by Gasteiger charge is -2.36. The highest BCUT2D eigenvalue weighted by atomic mass is 28.4. The number of allylic oxidation sites excluding steroid dienone is 3. The fraction of sp³-hybridized carbons (Fsp3) is 0.587. The molecule has 0 aromatic heterocycles. The Bertz CT molecular complexity index is 1930. The highest BCUT2D eigenvalue weighted by Crippen LogP contribution is 2.61. The van der Waals surface area contributed by atoms with E-state index in [1.54, 1.807) is 27.8 Å². The van der Waals surface area contributed by atoms with Crippen molar-refractivity contribution in [3.63, 3.8) is 0 Å². The van der Waals surface area contributed by atoms with Gasteiger partial charge in [-0.3, -0.25) is 19.3 Å². The maximum atomic E-state index is 16.8. The summed E-state index contributed by atoms with van der Waals surface area (Å²) < 4.78 is 29.6. The molecular formula is C46H65FN4O7Si. The van der Waals surface area contributed by atoms with Crippen LogP contribution in [0.3, 0.4) is 0 Å². The van der Waals surface area contributed by atoms with Crippen molar-refractivity contribution in [2.45, 2.75) is 128 Å². The Morgan fingerprint density at radius 3 is 2.54 bits per heavy atom. The van der Waals surface area contributed by atoms with Crippen LogP contribution in [0.25, 0.3) is 0 Å². The van der Waals surface area contributed by atoms with Gasteiger partial charge in [0.2, 0.25) is 20.2 Å². The number of carbonyl (C=O) groups excluding carboxylic acids is 3. The minimum atomic E-state index is -3.59. The van der Waals surface area contributed by atoms with Crippen LogP contribution in [0.5, 0.6) is 5.75 Å². The van der Waals surface area contributed by atoms with Crippen molar-refractivity contribution in [3.8, 4) is 5.75 Å². The smallest absolute Gasteiger partial charge is 0.264 e. The molecule has 4 aliphatic rings. The minimum absolute atomic E-state index is 0.0741. The van der Waals surface area contributed by atoms with Gasteiger partial charge in [-0.25, -0.2) is 0 Å². The van der Waals surface area contributed by atoms with Crippen LogP contribution in [-0.4, -0.2) is 98.9 Å². The van der Waals surface area contributed by atoms with E-state index in [2.05, 4.69) is 38.2 Å². The molecule has 2 fully saturated rings. The lowest BCUT2D eigenvalue weighted by Crippen LogP contribution is -2.49. The predicted octanol–water partition coefficient (Wildman–Crippen LogP) is 7.22. The van der Waals surface area contributed by atoms with Crippen molar-refractivity contribution >= 4 is 43.2 Å². The van der Waals surface area contributed by atoms with Crippen LogP contribution >= 0.6 is 0 Å². The van der Waals surface area contributed by atoms with Gasteiger partial charge in [0.1, 0.15) is 5.75 Å². The molecule has 11 nitrogen and oxygen atoms in total. The Labute approximate surface area is 350 Å². The fourth-order valence-electron chi connectivity index (χ4n) is 9.86. The summed E-state index contributed by atoms with van der Waals surface area (Å²) >= 11 is 0. The van der Waals surface area contributed by atoms with Gasteiger partial charge in [0.15, 0.2) is 5.60 Å². The topological polar surface area (TPSA) is 132 Å². The summed E-state index contributed by atoms with van der Waals surface area (Å²) in [5.41, 5.74) is 3.47. The average Bonchev–Trinajstić information content (AvgIpc) is 3.85. The normalized spacial score (nSPS) is 25.6. The lowest BCUT2D eigenvalue weighted by molar-refractivity contribution is -0.149. The van der Waals surface area contributed by atoms with Crippen LogP contribution in [0.4, 0.5) is 21.2 Å². The molecule has 6 rings (SSSR count). The van der Waals surface area contributed by atoms with Crippen LogP contribution < -0.4 is 19.9 Å². The molecule has 6 atom stereocenters. The highest BCUT2D eigenvalue weighted by Gasteiger charge is 2.67. The first-order chi connectivity index (χ1) is 28.2. The molecule has 0 radical (unpaired) electrons. The van der Waals surface area contributed by atoms with E-state index >= 15 is 8.90 Å². The van der Waals surface area contributed by atoms with Crippen molar-refractivity contribution in [1.29, 1.82) is 0 Å². The first-order valence-electron chi connectivity index (χ1n) is 21.6. The number of rotatable bonds is 17. The molecule has 4 aliphatic heterocycles. The Kier molecular flexibility index (Phi) is 14.2. The molecule has 2 aromatic rings. The number of likely N-dealkylation sites (tertiary alicyclic amines) is 1. The number of nitrogens with one attached hydrogen (secondary N) is 1. The second kappa shape index (κ2) is 18.8. The van der Waals surface area contributed by atoms with E-state index < -0.39 is 37.6 Å². The molecule has 0 bridgehead atoms. The molecular weight excluding hydrogens is 768 g/mol.